The number of ether oxygens (including phenoxy) is 3. The van der Waals surface area contributed by atoms with Crippen LogP contribution in [0.2, 0.25) is 0 Å². The van der Waals surface area contributed by atoms with Gasteiger partial charge < -0.3 is 18.8 Å². The lowest BCUT2D eigenvalue weighted by Gasteiger charge is -2.13. The number of methoxy groups -OCH3 is 1. The third-order valence-electron chi connectivity index (χ3n) is 5.00. The number of carbonyl (C=O) groups excluding carboxylic acids is 1. The zero-order valence-electron chi connectivity index (χ0n) is 19.0. The van der Waals surface area contributed by atoms with Crippen LogP contribution in [0.3, 0.4) is 0 Å². The summed E-state index contributed by atoms with van der Waals surface area (Å²) in [5, 5.41) is 18.2. The van der Waals surface area contributed by atoms with Crippen LogP contribution in [0.1, 0.15) is 33.5 Å². The number of pyridine rings is 1. The van der Waals surface area contributed by atoms with E-state index in [1.165, 1.54) is 36.1 Å². The first kappa shape index (κ1) is 25.2. The third-order valence-corrected chi connectivity index (χ3v) is 5.00. The Labute approximate surface area is 201 Å². The van der Waals surface area contributed by atoms with Gasteiger partial charge in [0, 0.05) is 32.0 Å². The number of carbonyl (C=O) groups is 1. The zero-order chi connectivity index (χ0) is 25.2. The van der Waals surface area contributed by atoms with Crippen LogP contribution in [0.5, 0.6) is 11.5 Å². The van der Waals surface area contributed by atoms with E-state index in [0.29, 0.717) is 24.3 Å². The summed E-state index contributed by atoms with van der Waals surface area (Å²) in [6, 6.07) is 15.1. The molecule has 0 aliphatic rings. The lowest BCUT2D eigenvalue weighted by atomic mass is 10.0. The highest BCUT2D eigenvalue weighted by Crippen LogP contribution is 2.23. The molecule has 0 amide bonds. The van der Waals surface area contributed by atoms with Gasteiger partial charge in [0.2, 0.25) is 0 Å². The smallest absolute Gasteiger partial charge is 0.268 e. The molecule has 0 bridgehead atoms. The van der Waals surface area contributed by atoms with Crippen LogP contribution in [-0.2, 0) is 11.3 Å². The van der Waals surface area contributed by atoms with E-state index in [0.717, 1.165) is 6.07 Å². The van der Waals surface area contributed by atoms with Gasteiger partial charge in [0.15, 0.2) is 5.78 Å². The summed E-state index contributed by atoms with van der Waals surface area (Å²) in [4.78, 5) is 25.7. The Morgan fingerprint density at radius 2 is 1.74 bits per heavy atom. The van der Waals surface area contributed by atoms with Crippen LogP contribution in [0.25, 0.3) is 0 Å². The number of aryl methyl sites for hydroxylation is 1. The number of aromatic nitrogens is 1. The van der Waals surface area contributed by atoms with Crippen molar-refractivity contribution in [2.24, 2.45) is 0 Å². The first-order valence-electron chi connectivity index (χ1n) is 10.7. The first-order chi connectivity index (χ1) is 17.0. The van der Waals surface area contributed by atoms with Gasteiger partial charge in [0.1, 0.15) is 42.2 Å². The quantitative estimate of drug-likeness (QED) is 0.308. The predicted molar refractivity (Wildman–Crippen MR) is 124 cm³/mol. The van der Waals surface area contributed by atoms with E-state index in [1.54, 1.807) is 30.3 Å². The molecule has 0 aliphatic carbocycles. The number of halogens is 1. The number of hydrogen-bond donors (Lipinski definition) is 0. The summed E-state index contributed by atoms with van der Waals surface area (Å²) < 4.78 is 31.5. The second kappa shape index (κ2) is 12.1. The van der Waals surface area contributed by atoms with Gasteiger partial charge in [0.25, 0.3) is 5.56 Å². The van der Waals surface area contributed by atoms with Gasteiger partial charge in [0.05, 0.1) is 17.2 Å². The topological polar surface area (TPSA) is 114 Å². The Bertz CT molecular complexity index is 1340. The maximum Gasteiger partial charge on any atom is 0.268 e. The maximum absolute atomic E-state index is 14.0. The number of ketones is 1. The highest BCUT2D eigenvalue weighted by atomic mass is 19.1. The minimum atomic E-state index is -0.636. The van der Waals surface area contributed by atoms with Gasteiger partial charge in [-0.2, -0.15) is 10.5 Å². The van der Waals surface area contributed by atoms with Gasteiger partial charge in [-0.05, 0) is 55.0 Å². The Hall–Kier alpha value is -4.47. The molecule has 3 rings (SSSR count). The molecule has 1 aromatic heterocycles. The largest absolute Gasteiger partial charge is 0.490 e. The van der Waals surface area contributed by atoms with Crippen molar-refractivity contribution in [2.75, 3.05) is 26.9 Å². The molecule has 0 aliphatic heterocycles. The van der Waals surface area contributed by atoms with Gasteiger partial charge in [-0.25, -0.2) is 4.39 Å². The second-order valence-electron chi connectivity index (χ2n) is 7.40. The summed E-state index contributed by atoms with van der Waals surface area (Å²) >= 11 is 0. The summed E-state index contributed by atoms with van der Waals surface area (Å²) in [7, 11) is 1.53. The molecule has 35 heavy (non-hydrogen) atoms. The molecule has 0 spiro atoms. The van der Waals surface area contributed by atoms with Crippen LogP contribution in [0.4, 0.5) is 4.39 Å². The fourth-order valence-electron chi connectivity index (χ4n) is 3.28. The molecule has 2 aromatic carbocycles. The standard InChI is InChI=1S/C26H22FN3O5/c1-33-10-2-9-30-17-20(13-19(16-29)26(30)32)25(31)23-14-21(27)5-8-24(23)35-12-11-34-22-6-3-18(15-28)4-7-22/h3-8,13-14,17H,2,9-12H2,1H3. The fraction of sp³-hybridized carbons (Fsp3) is 0.231. The molecule has 0 fully saturated rings. The van der Waals surface area contributed by atoms with Crippen molar-refractivity contribution in [2.45, 2.75) is 13.0 Å². The maximum atomic E-state index is 14.0. The zero-order valence-corrected chi connectivity index (χ0v) is 19.0. The van der Waals surface area contributed by atoms with Gasteiger partial charge in [-0.15, -0.1) is 0 Å². The van der Waals surface area contributed by atoms with Crippen molar-refractivity contribution in [1.29, 1.82) is 10.5 Å². The number of benzene rings is 2. The fourth-order valence-corrected chi connectivity index (χ4v) is 3.28. The van der Waals surface area contributed by atoms with Crippen LogP contribution < -0.4 is 15.0 Å². The minimum absolute atomic E-state index is 0.0469. The third kappa shape index (κ3) is 6.53. The lowest BCUT2D eigenvalue weighted by Crippen LogP contribution is -2.24. The number of nitrogens with zero attached hydrogens (tertiary/aromatic N) is 3. The average Bonchev–Trinajstić information content (AvgIpc) is 2.88. The molecule has 0 radical (unpaired) electrons. The van der Waals surface area contributed by atoms with E-state index in [9.17, 15) is 19.2 Å². The van der Waals surface area contributed by atoms with Gasteiger partial charge >= 0.3 is 0 Å². The summed E-state index contributed by atoms with van der Waals surface area (Å²) in [6.07, 6.45) is 1.86. The lowest BCUT2D eigenvalue weighted by molar-refractivity contribution is 0.103. The summed E-state index contributed by atoms with van der Waals surface area (Å²) in [5.74, 6) is -0.550. The molecule has 1 heterocycles. The van der Waals surface area contributed by atoms with Crippen LogP contribution in [0, 0.1) is 28.5 Å². The van der Waals surface area contributed by atoms with E-state index >= 15 is 0 Å². The second-order valence-corrected chi connectivity index (χ2v) is 7.40. The van der Waals surface area contributed by atoms with Crippen molar-refractivity contribution in [3.05, 3.63) is 93.2 Å². The number of rotatable bonds is 11. The molecule has 0 saturated heterocycles. The monoisotopic (exact) mass is 475 g/mol. The molecule has 0 N–H and O–H groups in total. The molecular weight excluding hydrogens is 453 g/mol. The molecule has 9 heteroatoms. The summed E-state index contributed by atoms with van der Waals surface area (Å²) in [6.45, 7) is 0.854. The molecule has 3 aromatic rings. The molecule has 0 saturated carbocycles. The first-order valence-corrected chi connectivity index (χ1v) is 10.7. The molecule has 0 unspecified atom stereocenters. The van der Waals surface area contributed by atoms with E-state index < -0.39 is 17.2 Å². The normalized spacial score (nSPS) is 10.3. The van der Waals surface area contributed by atoms with Crippen molar-refractivity contribution < 1.29 is 23.4 Å². The Morgan fingerprint density at radius 1 is 1.00 bits per heavy atom. The van der Waals surface area contributed by atoms with Gasteiger partial charge in [-0.1, -0.05) is 0 Å². The number of hydrogen-bond acceptors (Lipinski definition) is 7. The SMILES string of the molecule is COCCCn1cc(C(=O)c2cc(F)ccc2OCCOc2ccc(C#N)cc2)cc(C#N)c1=O. The molecule has 8 nitrogen and oxygen atoms in total. The Kier molecular flexibility index (Phi) is 8.71. The minimum Gasteiger partial charge on any atom is -0.490 e. The number of nitriles is 2. The molecular formula is C26H22FN3O5. The highest BCUT2D eigenvalue weighted by Gasteiger charge is 2.19. The van der Waals surface area contributed by atoms with Crippen molar-refractivity contribution in [1.82, 2.24) is 4.57 Å². The van der Waals surface area contributed by atoms with E-state index in [2.05, 4.69) is 0 Å². The Balaban J connectivity index is 1.78. The van der Waals surface area contributed by atoms with Crippen LogP contribution in [-0.4, -0.2) is 37.3 Å². The molecule has 178 valence electrons. The molecule has 0 atom stereocenters. The Morgan fingerprint density at radius 3 is 2.43 bits per heavy atom. The average molecular weight is 475 g/mol. The highest BCUT2D eigenvalue weighted by molar-refractivity contribution is 6.10. The summed E-state index contributed by atoms with van der Waals surface area (Å²) in [5.41, 5.74) is -0.191. The van der Waals surface area contributed by atoms with E-state index in [1.807, 2.05) is 6.07 Å². The van der Waals surface area contributed by atoms with E-state index in [4.69, 9.17) is 19.5 Å². The van der Waals surface area contributed by atoms with Crippen molar-refractivity contribution in [3.63, 3.8) is 0 Å². The predicted octanol–water partition coefficient (Wildman–Crippen LogP) is 3.46. The van der Waals surface area contributed by atoms with Gasteiger partial charge in [-0.3, -0.25) is 9.59 Å². The van der Waals surface area contributed by atoms with Crippen molar-refractivity contribution >= 4 is 5.78 Å². The van der Waals surface area contributed by atoms with Crippen LogP contribution in [0.15, 0.2) is 59.5 Å². The van der Waals surface area contributed by atoms with Crippen LogP contribution >= 0.6 is 0 Å². The van der Waals surface area contributed by atoms with Crippen molar-refractivity contribution in [3.8, 4) is 23.6 Å². The van der Waals surface area contributed by atoms with E-state index in [-0.39, 0.29) is 42.2 Å².